The summed E-state index contributed by atoms with van der Waals surface area (Å²) in [5.41, 5.74) is 1.76. The molecule has 2 aromatic rings. The molecule has 0 radical (unpaired) electrons. The van der Waals surface area contributed by atoms with E-state index < -0.39 is 0 Å². The molecular weight excluding hydrogens is 232 g/mol. The Bertz CT molecular complexity index is 404. The van der Waals surface area contributed by atoms with Gasteiger partial charge in [0.2, 0.25) is 0 Å². The summed E-state index contributed by atoms with van der Waals surface area (Å²) in [4.78, 5) is 8.12. The fourth-order valence-corrected chi connectivity index (χ4v) is 1.25. The zero-order valence-electron chi connectivity index (χ0n) is 6.55. The highest BCUT2D eigenvalue weighted by Gasteiger charge is 1.99. The van der Waals surface area contributed by atoms with E-state index in [1.807, 2.05) is 12.1 Å². The van der Waals surface area contributed by atoms with Gasteiger partial charge in [0.15, 0.2) is 4.73 Å². The minimum atomic E-state index is 0.571. The lowest BCUT2D eigenvalue weighted by Gasteiger charge is -1.97. The van der Waals surface area contributed by atoms with E-state index in [0.29, 0.717) is 4.73 Å². The first-order valence-corrected chi connectivity index (χ1v) is 4.41. The van der Waals surface area contributed by atoms with Crippen LogP contribution in [0.3, 0.4) is 0 Å². The summed E-state index contributed by atoms with van der Waals surface area (Å²) in [6.45, 7) is 0. The number of hydrogen-bond acceptors (Lipinski definition) is 4. The van der Waals surface area contributed by atoms with Crippen molar-refractivity contribution in [2.75, 3.05) is 0 Å². The van der Waals surface area contributed by atoms with Crippen LogP contribution in [0, 0.1) is 0 Å². The molecule has 4 nitrogen and oxygen atoms in total. The second-order valence-corrected chi connectivity index (χ2v) is 3.05. The van der Waals surface area contributed by atoms with Gasteiger partial charge in [-0.1, -0.05) is 0 Å². The molecule has 0 amide bonds. The van der Waals surface area contributed by atoms with Gasteiger partial charge in [0.25, 0.3) is 0 Å². The van der Waals surface area contributed by atoms with Gasteiger partial charge in [0.05, 0.1) is 18.1 Å². The molecule has 0 bridgehead atoms. The first-order chi connectivity index (χ1) is 6.36. The van der Waals surface area contributed by atoms with Crippen molar-refractivity contribution in [3.05, 3.63) is 35.5 Å². The molecule has 0 saturated heterocycles. The number of hydrogen-bond donors (Lipinski definition) is 0. The first-order valence-electron chi connectivity index (χ1n) is 3.62. The van der Waals surface area contributed by atoms with Gasteiger partial charge in [0.1, 0.15) is 0 Å². The van der Waals surface area contributed by atoms with E-state index in [1.54, 1.807) is 18.6 Å². The number of rotatable bonds is 1. The smallest absolute Gasteiger partial charge is 0.197 e. The molecule has 0 N–H and O–H groups in total. The summed E-state index contributed by atoms with van der Waals surface area (Å²) < 4.78 is 0.571. The Hall–Kier alpha value is -1.36. The Labute approximate surface area is 83.2 Å². The van der Waals surface area contributed by atoms with Crippen LogP contribution in [0.2, 0.25) is 0 Å². The van der Waals surface area contributed by atoms with Gasteiger partial charge in [-0.15, -0.1) is 0 Å². The SMILES string of the molecule is Brc1nccc(-c2ccnnc2)n1. The predicted molar refractivity (Wildman–Crippen MR) is 50.8 cm³/mol. The van der Waals surface area contributed by atoms with Crippen LogP contribution in [-0.2, 0) is 0 Å². The molecule has 0 atom stereocenters. The van der Waals surface area contributed by atoms with Crippen LogP contribution in [0.15, 0.2) is 35.5 Å². The maximum absolute atomic E-state index is 4.18. The monoisotopic (exact) mass is 236 g/mol. The third-order valence-electron chi connectivity index (χ3n) is 1.51. The molecule has 0 aliphatic carbocycles. The Morgan fingerprint density at radius 2 is 2.00 bits per heavy atom. The number of halogens is 1. The lowest BCUT2D eigenvalue weighted by molar-refractivity contribution is 1.03. The second-order valence-electron chi connectivity index (χ2n) is 2.34. The minimum Gasteiger partial charge on any atom is -0.231 e. The van der Waals surface area contributed by atoms with Crippen molar-refractivity contribution in [1.82, 2.24) is 20.2 Å². The van der Waals surface area contributed by atoms with Gasteiger partial charge < -0.3 is 0 Å². The molecule has 64 valence electrons. The highest BCUT2D eigenvalue weighted by atomic mass is 79.9. The summed E-state index contributed by atoms with van der Waals surface area (Å²) in [5, 5.41) is 7.45. The van der Waals surface area contributed by atoms with Crippen molar-refractivity contribution in [2.24, 2.45) is 0 Å². The van der Waals surface area contributed by atoms with E-state index in [2.05, 4.69) is 36.1 Å². The highest BCUT2D eigenvalue weighted by molar-refractivity contribution is 9.10. The highest BCUT2D eigenvalue weighted by Crippen LogP contribution is 2.15. The fourth-order valence-electron chi connectivity index (χ4n) is 0.938. The molecule has 0 aromatic carbocycles. The number of aromatic nitrogens is 4. The van der Waals surface area contributed by atoms with Gasteiger partial charge in [-0.2, -0.15) is 10.2 Å². The molecule has 0 aliphatic rings. The normalized spacial score (nSPS) is 9.92. The van der Waals surface area contributed by atoms with Crippen LogP contribution in [0.5, 0.6) is 0 Å². The van der Waals surface area contributed by atoms with Crippen molar-refractivity contribution < 1.29 is 0 Å². The molecule has 2 rings (SSSR count). The third-order valence-corrected chi connectivity index (χ3v) is 1.89. The van der Waals surface area contributed by atoms with E-state index in [9.17, 15) is 0 Å². The summed E-state index contributed by atoms with van der Waals surface area (Å²) >= 11 is 3.20. The van der Waals surface area contributed by atoms with Gasteiger partial charge in [-0.3, -0.25) is 0 Å². The first kappa shape index (κ1) is 8.25. The molecule has 2 heterocycles. The molecule has 5 heteroatoms. The molecule has 0 spiro atoms. The van der Waals surface area contributed by atoms with E-state index in [1.165, 1.54) is 0 Å². The van der Waals surface area contributed by atoms with Crippen LogP contribution in [0.1, 0.15) is 0 Å². The largest absolute Gasteiger partial charge is 0.231 e. The lowest BCUT2D eigenvalue weighted by atomic mass is 10.2. The molecule has 13 heavy (non-hydrogen) atoms. The van der Waals surface area contributed by atoms with Gasteiger partial charge in [-0.05, 0) is 28.1 Å². The summed E-state index contributed by atoms with van der Waals surface area (Å²) in [7, 11) is 0. The maximum Gasteiger partial charge on any atom is 0.197 e. The standard InChI is InChI=1S/C8H5BrN4/c9-8-10-3-2-7(13-8)6-1-4-11-12-5-6/h1-5H. The van der Waals surface area contributed by atoms with E-state index in [0.717, 1.165) is 11.3 Å². The Balaban J connectivity index is 2.48. The minimum absolute atomic E-state index is 0.571. The van der Waals surface area contributed by atoms with Crippen molar-refractivity contribution in [3.8, 4) is 11.3 Å². The zero-order valence-corrected chi connectivity index (χ0v) is 8.14. The van der Waals surface area contributed by atoms with Crippen molar-refractivity contribution in [2.45, 2.75) is 0 Å². The van der Waals surface area contributed by atoms with Crippen LogP contribution < -0.4 is 0 Å². The average molecular weight is 237 g/mol. The van der Waals surface area contributed by atoms with Gasteiger partial charge >= 0.3 is 0 Å². The maximum atomic E-state index is 4.18. The van der Waals surface area contributed by atoms with Crippen LogP contribution in [0.25, 0.3) is 11.3 Å². The summed E-state index contributed by atoms with van der Waals surface area (Å²) in [6, 6.07) is 3.67. The fraction of sp³-hybridized carbons (Fsp3) is 0. The van der Waals surface area contributed by atoms with Gasteiger partial charge in [-0.25, -0.2) is 9.97 Å². The molecule has 0 fully saturated rings. The Morgan fingerprint density at radius 1 is 1.08 bits per heavy atom. The molecule has 2 aromatic heterocycles. The van der Waals surface area contributed by atoms with E-state index in [-0.39, 0.29) is 0 Å². The van der Waals surface area contributed by atoms with Crippen molar-refractivity contribution in [3.63, 3.8) is 0 Å². The van der Waals surface area contributed by atoms with Crippen LogP contribution >= 0.6 is 15.9 Å². The predicted octanol–water partition coefficient (Wildman–Crippen LogP) is 1.70. The Morgan fingerprint density at radius 3 is 2.69 bits per heavy atom. The van der Waals surface area contributed by atoms with E-state index >= 15 is 0 Å². The quantitative estimate of drug-likeness (QED) is 0.708. The Kier molecular flexibility index (Phi) is 2.27. The lowest BCUT2D eigenvalue weighted by Crippen LogP contribution is -1.88. The zero-order chi connectivity index (χ0) is 9.10. The number of nitrogens with zero attached hydrogens (tertiary/aromatic N) is 4. The second kappa shape index (κ2) is 3.57. The van der Waals surface area contributed by atoms with E-state index in [4.69, 9.17) is 0 Å². The summed E-state index contributed by atoms with van der Waals surface area (Å²) in [5.74, 6) is 0. The molecule has 0 aliphatic heterocycles. The average Bonchev–Trinajstić information content (AvgIpc) is 2.19. The van der Waals surface area contributed by atoms with Crippen LogP contribution in [-0.4, -0.2) is 20.2 Å². The third kappa shape index (κ3) is 1.86. The molecule has 0 unspecified atom stereocenters. The molecule has 0 saturated carbocycles. The van der Waals surface area contributed by atoms with Gasteiger partial charge in [0, 0.05) is 11.8 Å². The topological polar surface area (TPSA) is 51.6 Å². The van der Waals surface area contributed by atoms with Crippen molar-refractivity contribution >= 4 is 15.9 Å². The molecular formula is C8H5BrN4. The summed E-state index contributed by atoms with van der Waals surface area (Å²) in [6.07, 6.45) is 4.98. The van der Waals surface area contributed by atoms with Crippen LogP contribution in [0.4, 0.5) is 0 Å². The van der Waals surface area contributed by atoms with Crippen molar-refractivity contribution in [1.29, 1.82) is 0 Å².